The van der Waals surface area contributed by atoms with Gasteiger partial charge >= 0.3 is 13.6 Å². The summed E-state index contributed by atoms with van der Waals surface area (Å²) >= 11 is 0. The first-order valence-electron chi connectivity index (χ1n) is 10.5. The molecule has 1 heterocycles. The van der Waals surface area contributed by atoms with Crippen molar-refractivity contribution in [3.05, 3.63) is 33.9 Å². The number of amides is 1. The van der Waals surface area contributed by atoms with E-state index in [9.17, 15) is 19.3 Å². The number of carbonyl (C=O) groups excluding carboxylic acids is 2. The molecule has 1 N–H and O–H groups in total. The number of allylic oxidation sites excluding steroid dienone is 1. The molecule has 0 aromatic heterocycles. The molecule has 0 spiro atoms. The quantitative estimate of drug-likeness (QED) is 0.202. The van der Waals surface area contributed by atoms with E-state index in [1.807, 2.05) is 19.9 Å². The summed E-state index contributed by atoms with van der Waals surface area (Å²) in [7, 11) is -1.73. The number of hydrogen-bond acceptors (Lipinski definition) is 8. The van der Waals surface area contributed by atoms with Gasteiger partial charge in [-0.05, 0) is 39.7 Å². The number of cyclic esters (lactones) is 1. The van der Waals surface area contributed by atoms with Crippen molar-refractivity contribution in [1.82, 2.24) is 4.90 Å². The summed E-state index contributed by atoms with van der Waals surface area (Å²) < 4.78 is 33.7. The van der Waals surface area contributed by atoms with Gasteiger partial charge in [0.15, 0.2) is 0 Å². The summed E-state index contributed by atoms with van der Waals surface area (Å²) in [4.78, 5) is 25.0. The Bertz CT molecular complexity index is 917. The fourth-order valence-electron chi connectivity index (χ4n) is 3.67. The molecule has 1 aliphatic heterocycles. The molecular formula is C22H32NO8P. The molecule has 1 aromatic carbocycles. The number of phenols is 1. The number of rotatable bonds is 13. The molecule has 9 nitrogen and oxygen atoms in total. The molecule has 0 saturated heterocycles. The number of benzene rings is 1. The van der Waals surface area contributed by atoms with E-state index in [2.05, 4.69) is 0 Å². The molecule has 1 aliphatic rings. The predicted octanol–water partition coefficient (Wildman–Crippen LogP) is 3.59. The fourth-order valence-corrected chi connectivity index (χ4v) is 5.29. The molecule has 2 rings (SSSR count). The van der Waals surface area contributed by atoms with Crippen LogP contribution in [0.1, 0.15) is 47.8 Å². The highest BCUT2D eigenvalue weighted by Crippen LogP contribution is 2.47. The Morgan fingerprint density at radius 2 is 1.94 bits per heavy atom. The van der Waals surface area contributed by atoms with E-state index in [1.165, 1.54) is 12.0 Å². The van der Waals surface area contributed by atoms with Crippen LogP contribution >= 0.6 is 7.60 Å². The normalized spacial score (nSPS) is 13.7. The Labute approximate surface area is 188 Å². The van der Waals surface area contributed by atoms with E-state index in [-0.39, 0.29) is 43.8 Å². The van der Waals surface area contributed by atoms with Crippen LogP contribution < -0.4 is 4.74 Å². The standard InChI is InChI=1S/C22H32NO8P/c1-6-30-32(27,31-7-2)11-10-23(14-24)12-15(3)8-9-17-20(25)19-18(13-29-22(19)26)16(4)21(17)28-5/h8,14,25H,6-7,9-13H2,1-5H3/b15-8-. The zero-order valence-corrected chi connectivity index (χ0v) is 20.2. The lowest BCUT2D eigenvalue weighted by atomic mass is 9.95. The number of esters is 1. The number of hydrogen-bond donors (Lipinski definition) is 1. The van der Waals surface area contributed by atoms with Gasteiger partial charge < -0.3 is 28.5 Å². The van der Waals surface area contributed by atoms with Gasteiger partial charge in [0.05, 0.1) is 26.5 Å². The molecule has 32 heavy (non-hydrogen) atoms. The van der Waals surface area contributed by atoms with Crippen LogP contribution in [0.4, 0.5) is 0 Å². The summed E-state index contributed by atoms with van der Waals surface area (Å²) in [5.41, 5.74) is 2.90. The van der Waals surface area contributed by atoms with Gasteiger partial charge in [0.2, 0.25) is 6.41 Å². The first kappa shape index (κ1) is 25.9. The molecule has 10 heteroatoms. The maximum Gasteiger partial charge on any atom is 0.342 e. The Morgan fingerprint density at radius 1 is 1.28 bits per heavy atom. The predicted molar refractivity (Wildman–Crippen MR) is 119 cm³/mol. The maximum atomic E-state index is 12.6. The van der Waals surface area contributed by atoms with Crippen LogP contribution in [0.25, 0.3) is 0 Å². The Morgan fingerprint density at radius 3 is 2.50 bits per heavy atom. The third-order valence-corrected chi connectivity index (χ3v) is 7.27. The molecule has 0 aliphatic carbocycles. The third kappa shape index (κ3) is 5.91. The van der Waals surface area contributed by atoms with E-state index in [0.29, 0.717) is 36.3 Å². The summed E-state index contributed by atoms with van der Waals surface area (Å²) in [6.45, 7) is 8.29. The summed E-state index contributed by atoms with van der Waals surface area (Å²) in [5, 5.41) is 10.7. The number of aromatic hydroxyl groups is 1. The van der Waals surface area contributed by atoms with Crippen LogP contribution in [0.5, 0.6) is 11.5 Å². The summed E-state index contributed by atoms with van der Waals surface area (Å²) in [6.07, 6.45) is 2.94. The highest BCUT2D eigenvalue weighted by Gasteiger charge is 2.32. The van der Waals surface area contributed by atoms with Crippen LogP contribution in [0.15, 0.2) is 11.6 Å². The molecule has 0 bridgehead atoms. The van der Waals surface area contributed by atoms with E-state index in [0.717, 1.165) is 11.1 Å². The largest absolute Gasteiger partial charge is 0.507 e. The smallest absolute Gasteiger partial charge is 0.342 e. The second-order valence-electron chi connectivity index (χ2n) is 7.42. The van der Waals surface area contributed by atoms with Gasteiger partial charge in [0, 0.05) is 24.2 Å². The van der Waals surface area contributed by atoms with Gasteiger partial charge in [-0.25, -0.2) is 4.79 Å². The van der Waals surface area contributed by atoms with Crippen molar-refractivity contribution in [2.45, 2.75) is 40.7 Å². The van der Waals surface area contributed by atoms with Crippen molar-refractivity contribution in [2.24, 2.45) is 0 Å². The van der Waals surface area contributed by atoms with Crippen molar-refractivity contribution in [3.8, 4) is 11.5 Å². The molecule has 0 saturated carbocycles. The maximum absolute atomic E-state index is 12.6. The molecular weight excluding hydrogens is 437 g/mol. The molecule has 0 atom stereocenters. The minimum atomic E-state index is -3.24. The first-order valence-corrected chi connectivity index (χ1v) is 12.3. The van der Waals surface area contributed by atoms with Gasteiger partial charge in [0.25, 0.3) is 0 Å². The molecule has 0 fully saturated rings. The van der Waals surface area contributed by atoms with Crippen molar-refractivity contribution < 1.29 is 37.8 Å². The number of methoxy groups -OCH3 is 1. The van der Waals surface area contributed by atoms with Crippen molar-refractivity contribution in [3.63, 3.8) is 0 Å². The van der Waals surface area contributed by atoms with Crippen molar-refractivity contribution in [1.29, 1.82) is 0 Å². The second kappa shape index (κ2) is 11.5. The molecule has 0 radical (unpaired) electrons. The van der Waals surface area contributed by atoms with Crippen LogP contribution in [-0.4, -0.2) is 62.0 Å². The van der Waals surface area contributed by atoms with Gasteiger partial charge in [-0.2, -0.15) is 0 Å². The van der Waals surface area contributed by atoms with Gasteiger partial charge in [-0.15, -0.1) is 0 Å². The Hall–Kier alpha value is -2.35. The zero-order valence-electron chi connectivity index (χ0n) is 19.3. The summed E-state index contributed by atoms with van der Waals surface area (Å²) in [6, 6.07) is 0. The fraction of sp³-hybridized carbons (Fsp3) is 0.545. The number of nitrogens with zero attached hydrogens (tertiary/aromatic N) is 1. The Kier molecular flexibility index (Phi) is 9.31. The minimum Gasteiger partial charge on any atom is -0.507 e. The van der Waals surface area contributed by atoms with Crippen LogP contribution in [0.3, 0.4) is 0 Å². The highest BCUT2D eigenvalue weighted by atomic mass is 31.2. The minimum absolute atomic E-state index is 0.0987. The zero-order chi connectivity index (χ0) is 23.9. The van der Waals surface area contributed by atoms with Crippen LogP contribution in [0.2, 0.25) is 0 Å². The SMILES string of the molecule is CCOP(=O)(CCN(C=O)C/C(C)=C\Cc1c(O)c2c(c(C)c1OC)COC2=O)OCC. The second-order valence-corrected chi connectivity index (χ2v) is 9.60. The highest BCUT2D eigenvalue weighted by molar-refractivity contribution is 7.53. The number of fused-ring (bicyclic) bond motifs is 1. The number of carbonyl (C=O) groups is 2. The van der Waals surface area contributed by atoms with Crippen LogP contribution in [0, 0.1) is 6.92 Å². The van der Waals surface area contributed by atoms with E-state index < -0.39 is 13.6 Å². The Balaban J connectivity index is 2.14. The lowest BCUT2D eigenvalue weighted by Gasteiger charge is -2.22. The molecule has 1 amide bonds. The van der Waals surface area contributed by atoms with Gasteiger partial charge in [-0.3, -0.25) is 9.36 Å². The van der Waals surface area contributed by atoms with E-state index in [4.69, 9.17) is 18.5 Å². The average Bonchev–Trinajstić information content (AvgIpc) is 3.15. The van der Waals surface area contributed by atoms with Gasteiger partial charge in [-0.1, -0.05) is 11.6 Å². The molecule has 1 aromatic rings. The van der Waals surface area contributed by atoms with Gasteiger partial charge in [0.1, 0.15) is 23.7 Å². The van der Waals surface area contributed by atoms with E-state index >= 15 is 0 Å². The monoisotopic (exact) mass is 469 g/mol. The van der Waals surface area contributed by atoms with E-state index in [1.54, 1.807) is 13.8 Å². The first-order chi connectivity index (χ1) is 15.2. The number of ether oxygens (including phenoxy) is 2. The topological polar surface area (TPSA) is 112 Å². The van der Waals surface area contributed by atoms with Crippen molar-refractivity contribution >= 4 is 20.0 Å². The summed E-state index contributed by atoms with van der Waals surface area (Å²) in [5.74, 6) is -0.189. The van der Waals surface area contributed by atoms with Crippen molar-refractivity contribution in [2.75, 3.05) is 39.6 Å². The third-order valence-electron chi connectivity index (χ3n) is 5.22. The lowest BCUT2D eigenvalue weighted by molar-refractivity contribution is -0.117. The molecule has 178 valence electrons. The van der Waals surface area contributed by atoms with Crippen LogP contribution in [-0.2, 0) is 36.2 Å². The molecule has 0 unspecified atom stereocenters. The number of phenolic OH excluding ortho intramolecular Hbond substituents is 1. The average molecular weight is 469 g/mol. The lowest BCUT2D eigenvalue weighted by Crippen LogP contribution is -2.27.